The van der Waals surface area contributed by atoms with Crippen molar-refractivity contribution < 1.29 is 0 Å². The number of fused-ring (bicyclic) bond motifs is 1. The summed E-state index contributed by atoms with van der Waals surface area (Å²) in [5.41, 5.74) is 7.46. The van der Waals surface area contributed by atoms with Gasteiger partial charge >= 0.3 is 0 Å². The fraction of sp³-hybridized carbons (Fsp3) is 0.250. The largest absolute Gasteiger partial charge is 0.382 e. The molecule has 0 spiro atoms. The number of anilines is 1. The summed E-state index contributed by atoms with van der Waals surface area (Å²) in [5, 5.41) is 0. The summed E-state index contributed by atoms with van der Waals surface area (Å²) < 4.78 is 1.76. The number of rotatable bonds is 0. The molecule has 2 aromatic heterocycles. The maximum atomic E-state index is 5.55. The van der Waals surface area contributed by atoms with E-state index in [4.69, 9.17) is 5.73 Å². The molecule has 2 aromatic rings. The van der Waals surface area contributed by atoms with Crippen LogP contribution in [0.5, 0.6) is 0 Å². The molecule has 14 heavy (non-hydrogen) atoms. The Morgan fingerprint density at radius 1 is 1.43 bits per heavy atom. The fourth-order valence-electron chi connectivity index (χ4n) is 1.22. The highest BCUT2D eigenvalue weighted by Crippen LogP contribution is 2.03. The standard InChI is InChI=1S/C8H10N6/c1-10-7-6-8(14(2)4-12-7)13-5(9)3-11-6/h3-4H,1-2H3,(H2,9,13). The molecule has 0 radical (unpaired) electrons. The molecule has 0 aliphatic carbocycles. The molecule has 6 heteroatoms. The van der Waals surface area contributed by atoms with Crippen LogP contribution in [0.25, 0.3) is 11.2 Å². The van der Waals surface area contributed by atoms with Crippen LogP contribution in [0.1, 0.15) is 0 Å². The number of nitrogens with zero attached hydrogens (tertiary/aromatic N) is 5. The van der Waals surface area contributed by atoms with Gasteiger partial charge in [0.05, 0.1) is 12.5 Å². The van der Waals surface area contributed by atoms with Crippen molar-refractivity contribution in [1.29, 1.82) is 0 Å². The van der Waals surface area contributed by atoms with Gasteiger partial charge in [0.2, 0.25) is 0 Å². The van der Waals surface area contributed by atoms with Gasteiger partial charge in [-0.2, -0.15) is 0 Å². The van der Waals surface area contributed by atoms with Crippen LogP contribution in [0.4, 0.5) is 5.82 Å². The van der Waals surface area contributed by atoms with Crippen LogP contribution in [0.3, 0.4) is 0 Å². The van der Waals surface area contributed by atoms with Crippen molar-refractivity contribution in [2.75, 3.05) is 12.8 Å². The van der Waals surface area contributed by atoms with Crippen LogP contribution < -0.4 is 11.2 Å². The van der Waals surface area contributed by atoms with Gasteiger partial charge in [-0.25, -0.2) is 15.0 Å². The summed E-state index contributed by atoms with van der Waals surface area (Å²) in [6, 6.07) is 0. The molecule has 2 heterocycles. The molecule has 0 saturated heterocycles. The number of hydrogen-bond donors (Lipinski definition) is 1. The van der Waals surface area contributed by atoms with E-state index in [0.29, 0.717) is 22.5 Å². The maximum absolute atomic E-state index is 5.55. The van der Waals surface area contributed by atoms with Crippen LogP contribution in [0.2, 0.25) is 0 Å². The molecule has 0 bridgehead atoms. The Kier molecular flexibility index (Phi) is 1.88. The van der Waals surface area contributed by atoms with E-state index in [2.05, 4.69) is 19.9 Å². The van der Waals surface area contributed by atoms with Crippen LogP contribution in [-0.4, -0.2) is 26.6 Å². The van der Waals surface area contributed by atoms with Crippen LogP contribution in [0.15, 0.2) is 17.5 Å². The average Bonchev–Trinajstić information content (AvgIpc) is 2.19. The molecular formula is C8H10N6. The van der Waals surface area contributed by atoms with Gasteiger partial charge in [0.15, 0.2) is 16.7 Å². The third-order valence-electron chi connectivity index (χ3n) is 1.88. The Hall–Kier alpha value is -1.98. The maximum Gasteiger partial charge on any atom is 0.178 e. The normalized spacial score (nSPS) is 12.3. The summed E-state index contributed by atoms with van der Waals surface area (Å²) in [6.07, 6.45) is 3.14. The number of nitrogen functional groups attached to an aromatic ring is 1. The SMILES string of the molecule is CN=c1ncn(C)c2nc(N)cnc12. The van der Waals surface area contributed by atoms with Gasteiger partial charge in [0.25, 0.3) is 0 Å². The summed E-state index contributed by atoms with van der Waals surface area (Å²) in [5.74, 6) is 0.390. The predicted octanol–water partition coefficient (Wildman–Crippen LogP) is -0.524. The summed E-state index contributed by atoms with van der Waals surface area (Å²) in [7, 11) is 3.50. The first-order chi connectivity index (χ1) is 6.72. The van der Waals surface area contributed by atoms with Crippen molar-refractivity contribution in [2.45, 2.75) is 0 Å². The van der Waals surface area contributed by atoms with Gasteiger partial charge in [-0.3, -0.25) is 4.99 Å². The number of aryl methyl sites for hydroxylation is 1. The summed E-state index contributed by atoms with van der Waals surface area (Å²) in [6.45, 7) is 0. The van der Waals surface area contributed by atoms with E-state index in [1.54, 1.807) is 17.9 Å². The molecule has 72 valence electrons. The Balaban J connectivity index is 2.99. The molecule has 0 aliphatic rings. The minimum atomic E-state index is 0.390. The van der Waals surface area contributed by atoms with Gasteiger partial charge in [-0.05, 0) is 0 Å². The van der Waals surface area contributed by atoms with Gasteiger partial charge in [-0.15, -0.1) is 0 Å². The quantitative estimate of drug-likeness (QED) is 0.605. The molecule has 0 fully saturated rings. The lowest BCUT2D eigenvalue weighted by molar-refractivity contribution is 0.869. The van der Waals surface area contributed by atoms with Gasteiger partial charge in [-0.1, -0.05) is 0 Å². The molecule has 0 amide bonds. The molecule has 2 rings (SSSR count). The highest BCUT2D eigenvalue weighted by atomic mass is 15.1. The fourth-order valence-corrected chi connectivity index (χ4v) is 1.22. The minimum absolute atomic E-state index is 0.390. The lowest BCUT2D eigenvalue weighted by Crippen LogP contribution is -2.15. The van der Waals surface area contributed by atoms with Crippen molar-refractivity contribution in [2.24, 2.45) is 12.0 Å². The van der Waals surface area contributed by atoms with Crippen molar-refractivity contribution in [3.8, 4) is 0 Å². The predicted molar refractivity (Wildman–Crippen MR) is 52.2 cm³/mol. The van der Waals surface area contributed by atoms with E-state index in [1.165, 1.54) is 6.20 Å². The smallest absolute Gasteiger partial charge is 0.178 e. The average molecular weight is 190 g/mol. The molecule has 6 nitrogen and oxygen atoms in total. The second kappa shape index (κ2) is 3.06. The van der Waals surface area contributed by atoms with Crippen molar-refractivity contribution in [1.82, 2.24) is 19.5 Å². The van der Waals surface area contributed by atoms with Crippen molar-refractivity contribution >= 4 is 17.0 Å². The summed E-state index contributed by atoms with van der Waals surface area (Å²) >= 11 is 0. The van der Waals surface area contributed by atoms with Gasteiger partial charge in [0.1, 0.15) is 5.82 Å². The zero-order chi connectivity index (χ0) is 10.1. The molecule has 0 atom stereocenters. The third-order valence-corrected chi connectivity index (χ3v) is 1.88. The lowest BCUT2D eigenvalue weighted by Gasteiger charge is -2.03. The van der Waals surface area contributed by atoms with Gasteiger partial charge < -0.3 is 10.3 Å². The van der Waals surface area contributed by atoms with Crippen molar-refractivity contribution in [3.63, 3.8) is 0 Å². The van der Waals surface area contributed by atoms with E-state index in [9.17, 15) is 0 Å². The Bertz CT molecular complexity index is 541. The third kappa shape index (κ3) is 1.20. The molecule has 0 aromatic carbocycles. The molecule has 0 unspecified atom stereocenters. The Morgan fingerprint density at radius 2 is 2.21 bits per heavy atom. The molecule has 0 saturated carbocycles. The first kappa shape index (κ1) is 8.61. The van der Waals surface area contributed by atoms with E-state index in [1.807, 2.05) is 7.05 Å². The summed E-state index contributed by atoms with van der Waals surface area (Å²) in [4.78, 5) is 16.4. The highest BCUT2D eigenvalue weighted by molar-refractivity contribution is 5.69. The van der Waals surface area contributed by atoms with Gasteiger partial charge in [0, 0.05) is 14.1 Å². The first-order valence-corrected chi connectivity index (χ1v) is 4.09. The number of hydrogen-bond acceptors (Lipinski definition) is 5. The Morgan fingerprint density at radius 3 is 2.93 bits per heavy atom. The zero-order valence-corrected chi connectivity index (χ0v) is 7.97. The molecule has 2 N–H and O–H groups in total. The van der Waals surface area contributed by atoms with E-state index in [0.717, 1.165) is 0 Å². The molecular weight excluding hydrogens is 180 g/mol. The van der Waals surface area contributed by atoms with Crippen molar-refractivity contribution in [3.05, 3.63) is 18.0 Å². The van der Waals surface area contributed by atoms with Crippen LogP contribution >= 0.6 is 0 Å². The number of aromatic nitrogens is 4. The van der Waals surface area contributed by atoms with E-state index in [-0.39, 0.29) is 0 Å². The Labute approximate surface area is 80.2 Å². The minimum Gasteiger partial charge on any atom is -0.382 e. The zero-order valence-electron chi connectivity index (χ0n) is 7.97. The second-order valence-corrected chi connectivity index (χ2v) is 2.87. The van der Waals surface area contributed by atoms with Crippen LogP contribution in [0, 0.1) is 0 Å². The number of nitrogens with two attached hydrogens (primary N) is 1. The lowest BCUT2D eigenvalue weighted by atomic mass is 10.5. The first-order valence-electron chi connectivity index (χ1n) is 4.09. The monoisotopic (exact) mass is 190 g/mol. The van der Waals surface area contributed by atoms with E-state index >= 15 is 0 Å². The van der Waals surface area contributed by atoms with Crippen LogP contribution in [-0.2, 0) is 7.05 Å². The highest BCUT2D eigenvalue weighted by Gasteiger charge is 2.02. The second-order valence-electron chi connectivity index (χ2n) is 2.87. The molecule has 0 aliphatic heterocycles. The topological polar surface area (TPSA) is 82.0 Å². The van der Waals surface area contributed by atoms with E-state index < -0.39 is 0 Å².